The van der Waals surface area contributed by atoms with E-state index in [2.05, 4.69) is 26.6 Å². The highest BCUT2D eigenvalue weighted by atomic mass is 79.9. The second kappa shape index (κ2) is 10.4. The van der Waals surface area contributed by atoms with E-state index in [4.69, 9.17) is 4.74 Å². The van der Waals surface area contributed by atoms with Crippen molar-refractivity contribution >= 4 is 33.7 Å². The highest BCUT2D eigenvalue weighted by Gasteiger charge is 2.77. The molecule has 3 heterocycles. The highest BCUT2D eigenvalue weighted by Crippen LogP contribution is 2.61. The Hall–Kier alpha value is -1.97. The molecule has 0 radical (unpaired) electrons. The van der Waals surface area contributed by atoms with Crippen LogP contribution in [0.4, 0.5) is 0 Å². The van der Waals surface area contributed by atoms with Gasteiger partial charge >= 0.3 is 0 Å². The zero-order valence-electron chi connectivity index (χ0n) is 20.7. The molecule has 7 atom stereocenters. The van der Waals surface area contributed by atoms with Gasteiger partial charge in [0.05, 0.1) is 30.6 Å². The number of halogens is 1. The number of aliphatic hydroxyl groups is 1. The number of alkyl halides is 1. The summed E-state index contributed by atoms with van der Waals surface area (Å²) in [5.74, 6) is -2.21. The second-order valence-electron chi connectivity index (χ2n) is 10.7. The van der Waals surface area contributed by atoms with Crippen LogP contribution in [0.2, 0.25) is 0 Å². The van der Waals surface area contributed by atoms with Crippen molar-refractivity contribution in [3.05, 3.63) is 35.9 Å². The standard InChI is InChI=1S/C27H36BrN3O5/c1-2-13-29-24(33)20-21-26(35)31(19(15-32)16-9-5-3-6-10-16)23(27(21)14-18(28)22(20)36-27)25(34)30-17-11-7-4-8-12-17/h3,5-6,9-10,17-23,32H,2,4,7-8,11-15H2,1H3,(H,29,33)(H,30,34)/t18?,19-,20+,21+,22+,23?,27?/m1/s1. The van der Waals surface area contributed by atoms with Crippen LogP contribution in [0.5, 0.6) is 0 Å². The maximum atomic E-state index is 14.2. The molecule has 3 aliphatic heterocycles. The zero-order valence-corrected chi connectivity index (χ0v) is 22.3. The maximum Gasteiger partial charge on any atom is 0.246 e. The van der Waals surface area contributed by atoms with Gasteiger partial charge in [0.15, 0.2) is 0 Å². The van der Waals surface area contributed by atoms with Gasteiger partial charge in [-0.05, 0) is 31.2 Å². The average molecular weight is 563 g/mol. The van der Waals surface area contributed by atoms with Crippen LogP contribution in [-0.4, -0.2) is 69.5 Å². The Morgan fingerprint density at radius 1 is 1.19 bits per heavy atom. The first-order valence-electron chi connectivity index (χ1n) is 13.3. The number of nitrogens with one attached hydrogen (secondary N) is 2. The van der Waals surface area contributed by atoms with E-state index in [0.29, 0.717) is 13.0 Å². The lowest BCUT2D eigenvalue weighted by atomic mass is 9.70. The number of aliphatic hydroxyl groups excluding tert-OH is 1. The van der Waals surface area contributed by atoms with Gasteiger partial charge in [0.2, 0.25) is 17.7 Å². The van der Waals surface area contributed by atoms with Crippen LogP contribution < -0.4 is 10.6 Å². The van der Waals surface area contributed by atoms with Crippen LogP contribution >= 0.6 is 15.9 Å². The average Bonchev–Trinajstić information content (AvgIpc) is 3.48. The number of benzene rings is 1. The van der Waals surface area contributed by atoms with Gasteiger partial charge in [-0.2, -0.15) is 0 Å². The van der Waals surface area contributed by atoms with Gasteiger partial charge in [-0.25, -0.2) is 0 Å². The largest absolute Gasteiger partial charge is 0.394 e. The molecule has 3 saturated heterocycles. The molecule has 1 aromatic carbocycles. The molecular formula is C27H36BrN3O5. The van der Waals surface area contributed by atoms with E-state index < -0.39 is 35.6 Å². The molecule has 1 aromatic rings. The molecule has 0 aromatic heterocycles. The number of likely N-dealkylation sites (tertiary alicyclic amines) is 1. The summed E-state index contributed by atoms with van der Waals surface area (Å²) in [6, 6.07) is 7.71. The molecule has 8 nitrogen and oxygen atoms in total. The normalized spacial score (nSPS) is 34.5. The summed E-state index contributed by atoms with van der Waals surface area (Å²) in [6.07, 6.45) is 5.88. The monoisotopic (exact) mass is 561 g/mol. The Labute approximate surface area is 220 Å². The van der Waals surface area contributed by atoms with Gasteiger partial charge in [-0.1, -0.05) is 72.4 Å². The fourth-order valence-electron chi connectivity index (χ4n) is 6.93. The Kier molecular flexibility index (Phi) is 7.43. The first kappa shape index (κ1) is 25.7. The minimum absolute atomic E-state index is 0.0602. The molecule has 9 heteroatoms. The lowest BCUT2D eigenvalue weighted by Gasteiger charge is -2.38. The van der Waals surface area contributed by atoms with Crippen molar-refractivity contribution in [1.82, 2.24) is 15.5 Å². The van der Waals surface area contributed by atoms with Crippen molar-refractivity contribution in [2.45, 2.75) is 86.5 Å². The molecule has 196 valence electrons. The van der Waals surface area contributed by atoms with E-state index in [1.165, 1.54) is 4.90 Å². The molecule has 1 spiro atoms. The van der Waals surface area contributed by atoms with Crippen molar-refractivity contribution in [3.63, 3.8) is 0 Å². The number of amides is 3. The summed E-state index contributed by atoms with van der Waals surface area (Å²) in [7, 11) is 0. The number of ether oxygens (including phenoxy) is 1. The fourth-order valence-corrected chi connectivity index (χ4v) is 7.87. The van der Waals surface area contributed by atoms with Crippen molar-refractivity contribution in [3.8, 4) is 0 Å². The number of carbonyl (C=O) groups excluding carboxylic acids is 3. The van der Waals surface area contributed by atoms with E-state index in [1.54, 1.807) is 0 Å². The SMILES string of the molecule is CCCNC(=O)[C@H]1[C@H]2C(=O)N([C@H](CO)c3ccccc3)C(C(=O)NC3CCCCC3)C23CC(Br)[C@@H]1O3. The predicted octanol–water partition coefficient (Wildman–Crippen LogP) is 2.44. The molecule has 4 fully saturated rings. The topological polar surface area (TPSA) is 108 Å². The maximum absolute atomic E-state index is 14.2. The molecule has 3 unspecified atom stereocenters. The van der Waals surface area contributed by atoms with Crippen molar-refractivity contribution < 1.29 is 24.2 Å². The number of hydrogen-bond acceptors (Lipinski definition) is 5. The Balaban J connectivity index is 1.55. The van der Waals surface area contributed by atoms with E-state index in [9.17, 15) is 19.5 Å². The minimum Gasteiger partial charge on any atom is -0.394 e. The van der Waals surface area contributed by atoms with Crippen LogP contribution in [0.1, 0.15) is 63.5 Å². The van der Waals surface area contributed by atoms with E-state index in [0.717, 1.165) is 44.1 Å². The first-order valence-corrected chi connectivity index (χ1v) is 14.2. The van der Waals surface area contributed by atoms with Gasteiger partial charge < -0.3 is 25.4 Å². The van der Waals surface area contributed by atoms with Crippen molar-refractivity contribution in [1.29, 1.82) is 0 Å². The molecule has 2 bridgehead atoms. The summed E-state index contributed by atoms with van der Waals surface area (Å²) in [6.45, 7) is 2.16. The lowest BCUT2D eigenvalue weighted by molar-refractivity contribution is -0.146. The molecule has 3 amide bonds. The summed E-state index contributed by atoms with van der Waals surface area (Å²) in [5.41, 5.74) is -0.373. The minimum atomic E-state index is -1.12. The molecular weight excluding hydrogens is 526 g/mol. The summed E-state index contributed by atoms with van der Waals surface area (Å²) >= 11 is 3.70. The predicted molar refractivity (Wildman–Crippen MR) is 137 cm³/mol. The second-order valence-corrected chi connectivity index (χ2v) is 11.8. The Bertz CT molecular complexity index is 987. The van der Waals surface area contributed by atoms with Crippen LogP contribution in [0, 0.1) is 11.8 Å². The molecule has 3 N–H and O–H groups in total. The molecule has 1 aliphatic carbocycles. The number of hydrogen-bond donors (Lipinski definition) is 3. The number of fused-ring (bicyclic) bond motifs is 1. The summed E-state index contributed by atoms with van der Waals surface area (Å²) in [5, 5.41) is 16.7. The zero-order chi connectivity index (χ0) is 25.4. The van der Waals surface area contributed by atoms with Gasteiger partial charge in [-0.3, -0.25) is 14.4 Å². The van der Waals surface area contributed by atoms with Crippen molar-refractivity contribution in [2.24, 2.45) is 11.8 Å². The van der Waals surface area contributed by atoms with Crippen molar-refractivity contribution in [2.75, 3.05) is 13.2 Å². The third-order valence-corrected chi connectivity index (χ3v) is 9.32. The van der Waals surface area contributed by atoms with Crippen LogP contribution in [0.15, 0.2) is 30.3 Å². The van der Waals surface area contributed by atoms with E-state index in [-0.39, 0.29) is 35.2 Å². The van der Waals surface area contributed by atoms with E-state index >= 15 is 0 Å². The number of rotatable bonds is 8. The van der Waals surface area contributed by atoms with Crippen LogP contribution in [0.3, 0.4) is 0 Å². The highest BCUT2D eigenvalue weighted by molar-refractivity contribution is 9.09. The van der Waals surface area contributed by atoms with Crippen LogP contribution in [0.25, 0.3) is 0 Å². The molecule has 5 rings (SSSR count). The first-order chi connectivity index (χ1) is 17.4. The number of nitrogens with zero attached hydrogens (tertiary/aromatic N) is 1. The molecule has 4 aliphatic rings. The summed E-state index contributed by atoms with van der Waals surface area (Å²) < 4.78 is 6.55. The lowest BCUT2D eigenvalue weighted by Crippen LogP contribution is -2.58. The Morgan fingerprint density at radius 2 is 1.92 bits per heavy atom. The van der Waals surface area contributed by atoms with Crippen LogP contribution in [-0.2, 0) is 19.1 Å². The summed E-state index contributed by atoms with van der Waals surface area (Å²) in [4.78, 5) is 42.9. The fraction of sp³-hybridized carbons (Fsp3) is 0.667. The number of carbonyl (C=O) groups is 3. The third-order valence-electron chi connectivity index (χ3n) is 8.47. The van der Waals surface area contributed by atoms with Gasteiger partial charge in [0, 0.05) is 17.4 Å². The van der Waals surface area contributed by atoms with Gasteiger partial charge in [0.1, 0.15) is 11.6 Å². The smallest absolute Gasteiger partial charge is 0.246 e. The molecule has 1 saturated carbocycles. The quantitative estimate of drug-likeness (QED) is 0.422. The third kappa shape index (κ3) is 4.17. The van der Waals surface area contributed by atoms with Gasteiger partial charge in [-0.15, -0.1) is 0 Å². The molecule has 36 heavy (non-hydrogen) atoms. The Morgan fingerprint density at radius 3 is 2.58 bits per heavy atom. The van der Waals surface area contributed by atoms with E-state index in [1.807, 2.05) is 37.3 Å². The van der Waals surface area contributed by atoms with Gasteiger partial charge in [0.25, 0.3) is 0 Å².